The Balaban J connectivity index is 1.30. The summed E-state index contributed by atoms with van der Waals surface area (Å²) < 4.78 is 0. The molecule has 2 N–H and O–H groups in total. The fourth-order valence-corrected chi connectivity index (χ4v) is 4.25. The molecule has 1 atom stereocenters. The van der Waals surface area contributed by atoms with Crippen LogP contribution >= 0.6 is 0 Å². The highest BCUT2D eigenvalue weighted by Crippen LogP contribution is 2.22. The Kier molecular flexibility index (Phi) is 5.95. The van der Waals surface area contributed by atoms with E-state index in [4.69, 9.17) is 0 Å². The Morgan fingerprint density at radius 2 is 1.90 bits per heavy atom. The molecule has 2 aromatic carbocycles. The number of carbonyl (C=O) groups excluding carboxylic acids is 1. The summed E-state index contributed by atoms with van der Waals surface area (Å²) in [5.74, 6) is 1.44. The number of amides is 1. The van der Waals surface area contributed by atoms with Gasteiger partial charge >= 0.3 is 0 Å². The van der Waals surface area contributed by atoms with Crippen LogP contribution in [0.3, 0.4) is 0 Å². The van der Waals surface area contributed by atoms with Crippen LogP contribution in [0.2, 0.25) is 0 Å². The first-order chi connectivity index (χ1) is 14.1. The predicted octanol–water partition coefficient (Wildman–Crippen LogP) is 3.69. The van der Waals surface area contributed by atoms with Crippen LogP contribution in [-0.4, -0.2) is 39.9 Å². The van der Waals surface area contributed by atoms with E-state index in [2.05, 4.69) is 58.3 Å². The predicted molar refractivity (Wildman–Crippen MR) is 117 cm³/mol. The van der Waals surface area contributed by atoms with Crippen molar-refractivity contribution in [3.8, 4) is 0 Å². The van der Waals surface area contributed by atoms with Gasteiger partial charge in [0, 0.05) is 38.5 Å². The van der Waals surface area contributed by atoms with Gasteiger partial charge in [-0.15, -0.1) is 0 Å². The molecule has 5 nitrogen and oxygen atoms in total. The number of para-hydroxylation sites is 2. The van der Waals surface area contributed by atoms with Crippen LogP contribution in [-0.2, 0) is 24.2 Å². The monoisotopic (exact) mass is 390 g/mol. The van der Waals surface area contributed by atoms with Crippen LogP contribution in [0.4, 0.5) is 0 Å². The van der Waals surface area contributed by atoms with E-state index < -0.39 is 0 Å². The van der Waals surface area contributed by atoms with E-state index in [1.807, 2.05) is 24.3 Å². The number of hydrogen-bond acceptors (Lipinski definition) is 3. The molecule has 0 aliphatic carbocycles. The summed E-state index contributed by atoms with van der Waals surface area (Å²) in [6.45, 7) is 7.19. The number of nitrogens with one attached hydrogen (secondary N) is 2. The summed E-state index contributed by atoms with van der Waals surface area (Å²) >= 11 is 0. The number of rotatable bonds is 7. The van der Waals surface area contributed by atoms with Gasteiger partial charge in [-0.05, 0) is 35.6 Å². The van der Waals surface area contributed by atoms with E-state index in [0.29, 0.717) is 31.3 Å². The largest absolute Gasteiger partial charge is 0.355 e. The van der Waals surface area contributed by atoms with Gasteiger partial charge in [-0.3, -0.25) is 9.69 Å². The number of carbonyl (C=O) groups is 1. The molecular weight excluding hydrogens is 360 g/mol. The lowest BCUT2D eigenvalue weighted by molar-refractivity contribution is -0.121. The van der Waals surface area contributed by atoms with Crippen molar-refractivity contribution < 1.29 is 4.79 Å². The minimum Gasteiger partial charge on any atom is -0.355 e. The lowest BCUT2D eigenvalue weighted by atomic mass is 9.95. The van der Waals surface area contributed by atoms with Crippen molar-refractivity contribution in [2.75, 3.05) is 13.1 Å². The average Bonchev–Trinajstić information content (AvgIpc) is 3.15. The topological polar surface area (TPSA) is 61.0 Å². The first kappa shape index (κ1) is 19.6. The molecule has 0 saturated heterocycles. The van der Waals surface area contributed by atoms with E-state index in [-0.39, 0.29) is 5.91 Å². The number of aryl methyl sites for hydroxylation is 1. The number of aromatic amines is 1. The Morgan fingerprint density at radius 3 is 2.69 bits per heavy atom. The maximum Gasteiger partial charge on any atom is 0.220 e. The fraction of sp³-hybridized carbons (Fsp3) is 0.417. The molecule has 2 heterocycles. The number of H-pyrrole nitrogens is 1. The van der Waals surface area contributed by atoms with Gasteiger partial charge < -0.3 is 10.3 Å². The van der Waals surface area contributed by atoms with Crippen LogP contribution in [0.1, 0.15) is 37.2 Å². The third-order valence-electron chi connectivity index (χ3n) is 5.93. The quantitative estimate of drug-likeness (QED) is 0.647. The van der Waals surface area contributed by atoms with Gasteiger partial charge in [-0.2, -0.15) is 0 Å². The van der Waals surface area contributed by atoms with Gasteiger partial charge in [-0.1, -0.05) is 50.2 Å². The summed E-state index contributed by atoms with van der Waals surface area (Å²) in [7, 11) is 0. The maximum atomic E-state index is 12.5. The molecular formula is C24H30N4O. The first-order valence-electron chi connectivity index (χ1n) is 10.6. The minimum atomic E-state index is 0.0912. The Bertz CT molecular complexity index is 945. The van der Waals surface area contributed by atoms with Crippen molar-refractivity contribution in [1.82, 2.24) is 20.2 Å². The number of imidazole rings is 1. The number of fused-ring (bicyclic) bond motifs is 2. The van der Waals surface area contributed by atoms with Crippen molar-refractivity contribution in [3.05, 3.63) is 65.5 Å². The number of hydrogen-bond donors (Lipinski definition) is 2. The molecule has 0 radical (unpaired) electrons. The lowest BCUT2D eigenvalue weighted by Crippen LogP contribution is -2.48. The van der Waals surface area contributed by atoms with Crippen LogP contribution in [0.15, 0.2) is 48.5 Å². The van der Waals surface area contributed by atoms with Gasteiger partial charge in [0.1, 0.15) is 5.82 Å². The van der Waals surface area contributed by atoms with Crippen LogP contribution in [0.5, 0.6) is 0 Å². The summed E-state index contributed by atoms with van der Waals surface area (Å²) in [6.07, 6.45) is 2.16. The summed E-state index contributed by atoms with van der Waals surface area (Å²) in [4.78, 5) is 22.8. The third kappa shape index (κ3) is 4.67. The standard InChI is InChI=1S/C24H30N4O/c1-17(2)22(28-14-13-18-7-3-4-8-19(18)16-28)15-25-24(29)12-11-23-26-20-9-5-6-10-21(20)27-23/h3-10,17,22H,11-16H2,1-2H3,(H,25,29)(H,26,27)/t22-/m0/s1. The van der Waals surface area contributed by atoms with E-state index >= 15 is 0 Å². The van der Waals surface area contributed by atoms with E-state index in [1.54, 1.807) is 0 Å². The molecule has 0 spiro atoms. The van der Waals surface area contributed by atoms with Crippen molar-refractivity contribution in [2.45, 2.75) is 45.7 Å². The van der Waals surface area contributed by atoms with Crippen molar-refractivity contribution in [3.63, 3.8) is 0 Å². The molecule has 5 heteroatoms. The second kappa shape index (κ2) is 8.78. The maximum absolute atomic E-state index is 12.5. The number of nitrogens with zero attached hydrogens (tertiary/aromatic N) is 2. The highest BCUT2D eigenvalue weighted by Gasteiger charge is 2.26. The Hall–Kier alpha value is -2.66. The molecule has 0 bridgehead atoms. The lowest BCUT2D eigenvalue weighted by Gasteiger charge is -2.38. The number of aromatic nitrogens is 2. The molecule has 1 aromatic heterocycles. The van der Waals surface area contributed by atoms with E-state index in [0.717, 1.165) is 36.4 Å². The zero-order valence-electron chi connectivity index (χ0n) is 17.3. The van der Waals surface area contributed by atoms with Crippen LogP contribution < -0.4 is 5.32 Å². The Morgan fingerprint density at radius 1 is 1.14 bits per heavy atom. The van der Waals surface area contributed by atoms with Crippen LogP contribution in [0, 0.1) is 5.92 Å². The molecule has 1 aliphatic rings. The fourth-order valence-electron chi connectivity index (χ4n) is 4.25. The second-order valence-electron chi connectivity index (χ2n) is 8.31. The minimum absolute atomic E-state index is 0.0912. The SMILES string of the molecule is CC(C)[C@H](CNC(=O)CCc1nc2ccccc2[nH]1)N1CCc2ccccc2C1. The van der Waals surface area contributed by atoms with Crippen molar-refractivity contribution in [2.24, 2.45) is 5.92 Å². The average molecular weight is 391 g/mol. The molecule has 29 heavy (non-hydrogen) atoms. The first-order valence-corrected chi connectivity index (χ1v) is 10.6. The van der Waals surface area contributed by atoms with Gasteiger partial charge in [0.15, 0.2) is 0 Å². The zero-order chi connectivity index (χ0) is 20.2. The summed E-state index contributed by atoms with van der Waals surface area (Å²) in [5.41, 5.74) is 4.85. The molecule has 0 unspecified atom stereocenters. The number of benzene rings is 2. The normalized spacial score (nSPS) is 15.4. The molecule has 152 valence electrons. The van der Waals surface area contributed by atoms with Gasteiger partial charge in [0.2, 0.25) is 5.91 Å². The van der Waals surface area contributed by atoms with Gasteiger partial charge in [0.25, 0.3) is 0 Å². The second-order valence-corrected chi connectivity index (χ2v) is 8.31. The Labute approximate surface area is 172 Å². The molecule has 4 rings (SSSR count). The summed E-state index contributed by atoms with van der Waals surface area (Å²) in [5, 5.41) is 3.17. The van der Waals surface area contributed by atoms with Crippen molar-refractivity contribution in [1.29, 1.82) is 0 Å². The highest BCUT2D eigenvalue weighted by molar-refractivity contribution is 5.77. The third-order valence-corrected chi connectivity index (χ3v) is 5.93. The zero-order valence-corrected chi connectivity index (χ0v) is 17.3. The van der Waals surface area contributed by atoms with E-state index in [9.17, 15) is 4.79 Å². The van der Waals surface area contributed by atoms with Gasteiger partial charge in [0.05, 0.1) is 11.0 Å². The van der Waals surface area contributed by atoms with Crippen LogP contribution in [0.25, 0.3) is 11.0 Å². The van der Waals surface area contributed by atoms with Crippen molar-refractivity contribution >= 4 is 16.9 Å². The molecule has 1 aliphatic heterocycles. The smallest absolute Gasteiger partial charge is 0.220 e. The molecule has 1 amide bonds. The highest BCUT2D eigenvalue weighted by atomic mass is 16.1. The van der Waals surface area contributed by atoms with Gasteiger partial charge in [-0.25, -0.2) is 4.98 Å². The van der Waals surface area contributed by atoms with E-state index in [1.165, 1.54) is 11.1 Å². The molecule has 3 aromatic rings. The summed E-state index contributed by atoms with van der Waals surface area (Å²) in [6, 6.07) is 17.0. The molecule has 0 saturated carbocycles. The molecule has 0 fully saturated rings.